The van der Waals surface area contributed by atoms with Crippen molar-refractivity contribution in [3.05, 3.63) is 86.6 Å². The Morgan fingerprint density at radius 2 is 1.78 bits per heavy atom. The average Bonchev–Trinajstić information content (AvgIpc) is 3.22. The number of benzene rings is 2. The fraction of sp³-hybridized carbons (Fsp3) is 0.130. The van der Waals surface area contributed by atoms with E-state index in [9.17, 15) is 19.7 Å². The fourth-order valence-electron chi connectivity index (χ4n) is 3.68. The molecule has 0 bridgehead atoms. The van der Waals surface area contributed by atoms with Crippen LogP contribution in [-0.2, 0) is 4.79 Å². The Morgan fingerprint density at radius 1 is 1.06 bits per heavy atom. The number of carbonyl (C=O) groups is 2. The molecule has 8 nitrogen and oxygen atoms in total. The molecule has 0 saturated carbocycles. The summed E-state index contributed by atoms with van der Waals surface area (Å²) in [4.78, 5) is 37.7. The van der Waals surface area contributed by atoms with Crippen LogP contribution < -0.4 is 9.64 Å². The maximum Gasteiger partial charge on any atom is 0.298 e. The molecule has 2 heterocycles. The molecule has 0 unspecified atom stereocenters. The summed E-state index contributed by atoms with van der Waals surface area (Å²) >= 11 is 0.880. The molecule has 0 atom stereocenters. The molecule has 1 saturated heterocycles. The number of non-ortho nitro benzene ring substituents is 1. The number of methoxy groups -OCH3 is 1. The third-order valence-electron chi connectivity index (χ3n) is 5.18. The summed E-state index contributed by atoms with van der Waals surface area (Å²) < 4.78 is 7.25. The number of aryl methyl sites for hydroxylation is 1. The van der Waals surface area contributed by atoms with E-state index in [2.05, 4.69) is 0 Å². The van der Waals surface area contributed by atoms with Gasteiger partial charge in [0.1, 0.15) is 5.75 Å². The lowest BCUT2D eigenvalue weighted by Gasteiger charge is -2.14. The van der Waals surface area contributed by atoms with Crippen LogP contribution in [0, 0.1) is 24.0 Å². The lowest BCUT2D eigenvalue weighted by Crippen LogP contribution is -2.27. The molecule has 32 heavy (non-hydrogen) atoms. The molecular formula is C23H19N3O5S. The minimum atomic E-state index is -0.461. The summed E-state index contributed by atoms with van der Waals surface area (Å²) in [6.45, 7) is 3.71. The van der Waals surface area contributed by atoms with Gasteiger partial charge in [0.15, 0.2) is 0 Å². The lowest BCUT2D eigenvalue weighted by atomic mass is 10.2. The zero-order valence-corrected chi connectivity index (χ0v) is 18.4. The number of imide groups is 1. The summed E-state index contributed by atoms with van der Waals surface area (Å²) in [7, 11) is 1.50. The van der Waals surface area contributed by atoms with Crippen LogP contribution in [0.15, 0.2) is 59.5 Å². The number of hydrogen-bond acceptors (Lipinski definition) is 6. The van der Waals surface area contributed by atoms with Crippen molar-refractivity contribution in [1.29, 1.82) is 0 Å². The Kier molecular flexibility index (Phi) is 5.58. The highest BCUT2D eigenvalue weighted by Gasteiger charge is 2.36. The first-order valence-electron chi connectivity index (χ1n) is 9.66. The number of nitro groups is 1. The highest BCUT2D eigenvalue weighted by atomic mass is 32.2. The van der Waals surface area contributed by atoms with E-state index >= 15 is 0 Å². The van der Waals surface area contributed by atoms with Crippen LogP contribution in [-0.4, -0.2) is 27.7 Å². The third kappa shape index (κ3) is 3.67. The van der Waals surface area contributed by atoms with Gasteiger partial charge in [-0.15, -0.1) is 0 Å². The number of nitrogens with zero attached hydrogens (tertiary/aromatic N) is 3. The van der Waals surface area contributed by atoms with E-state index in [1.807, 2.05) is 30.5 Å². The predicted molar refractivity (Wildman–Crippen MR) is 123 cm³/mol. The molecule has 4 rings (SSSR count). The van der Waals surface area contributed by atoms with Crippen LogP contribution in [0.3, 0.4) is 0 Å². The largest absolute Gasteiger partial charge is 0.495 e. The number of anilines is 1. The van der Waals surface area contributed by atoms with Gasteiger partial charge in [-0.25, -0.2) is 4.90 Å². The zero-order chi connectivity index (χ0) is 23.0. The molecule has 162 valence electrons. The summed E-state index contributed by atoms with van der Waals surface area (Å²) in [6.07, 6.45) is 1.68. The van der Waals surface area contributed by atoms with Gasteiger partial charge in [0.05, 0.1) is 28.3 Å². The van der Waals surface area contributed by atoms with E-state index in [1.54, 1.807) is 36.4 Å². The number of amides is 2. The van der Waals surface area contributed by atoms with Gasteiger partial charge in [-0.1, -0.05) is 18.2 Å². The molecular weight excluding hydrogens is 430 g/mol. The highest BCUT2D eigenvalue weighted by molar-refractivity contribution is 8.19. The monoisotopic (exact) mass is 449 g/mol. The van der Waals surface area contributed by atoms with Crippen molar-refractivity contribution in [1.82, 2.24) is 4.57 Å². The van der Waals surface area contributed by atoms with E-state index < -0.39 is 4.92 Å². The second-order valence-electron chi connectivity index (χ2n) is 7.13. The van der Waals surface area contributed by atoms with Crippen LogP contribution in [0.1, 0.15) is 17.0 Å². The van der Waals surface area contributed by atoms with Crippen LogP contribution >= 0.6 is 11.8 Å². The van der Waals surface area contributed by atoms with Gasteiger partial charge in [-0.2, -0.15) is 0 Å². The molecule has 0 aliphatic carbocycles. The molecule has 2 amide bonds. The van der Waals surface area contributed by atoms with Crippen LogP contribution in [0.25, 0.3) is 11.8 Å². The molecule has 1 aromatic heterocycles. The maximum atomic E-state index is 12.9. The van der Waals surface area contributed by atoms with Gasteiger partial charge in [0.2, 0.25) is 0 Å². The van der Waals surface area contributed by atoms with E-state index in [1.165, 1.54) is 19.2 Å². The molecule has 0 N–H and O–H groups in total. The molecule has 2 aromatic carbocycles. The van der Waals surface area contributed by atoms with Crippen molar-refractivity contribution in [2.24, 2.45) is 0 Å². The Morgan fingerprint density at radius 3 is 2.44 bits per heavy atom. The van der Waals surface area contributed by atoms with Crippen molar-refractivity contribution in [3.63, 3.8) is 0 Å². The standard InChI is InChI=1S/C23H19N3O5S/c1-14-11-16(12-21-22(27)25(23(28)32-21)17-7-5-4-6-8-17)15(2)24(14)19-13-18(26(29)30)9-10-20(19)31-3/h4-13H,1-3H3/b21-12-. The smallest absolute Gasteiger partial charge is 0.298 e. The quantitative estimate of drug-likeness (QED) is 0.300. The number of para-hydroxylation sites is 1. The van der Waals surface area contributed by atoms with Gasteiger partial charge in [-0.3, -0.25) is 19.7 Å². The summed E-state index contributed by atoms with van der Waals surface area (Å²) in [5.41, 5.74) is 3.27. The fourth-order valence-corrected chi connectivity index (χ4v) is 4.51. The van der Waals surface area contributed by atoms with E-state index in [-0.39, 0.29) is 16.8 Å². The topological polar surface area (TPSA) is 94.7 Å². The Bertz CT molecular complexity index is 1280. The second-order valence-corrected chi connectivity index (χ2v) is 8.12. The first-order chi connectivity index (χ1) is 15.3. The minimum absolute atomic E-state index is 0.0566. The van der Waals surface area contributed by atoms with Gasteiger partial charge >= 0.3 is 0 Å². The summed E-state index contributed by atoms with van der Waals surface area (Å²) in [6, 6.07) is 15.0. The first-order valence-corrected chi connectivity index (χ1v) is 10.5. The molecule has 9 heteroatoms. The summed E-state index contributed by atoms with van der Waals surface area (Å²) in [5.74, 6) is 0.0947. The molecule has 0 radical (unpaired) electrons. The Balaban J connectivity index is 1.76. The van der Waals surface area contributed by atoms with Crippen molar-refractivity contribution in [2.75, 3.05) is 12.0 Å². The molecule has 1 fully saturated rings. The second kappa shape index (κ2) is 8.35. The van der Waals surface area contributed by atoms with E-state index in [0.717, 1.165) is 33.6 Å². The number of nitro benzene ring substituents is 1. The number of hydrogen-bond donors (Lipinski definition) is 0. The van der Waals surface area contributed by atoms with Crippen molar-refractivity contribution in [3.8, 4) is 11.4 Å². The van der Waals surface area contributed by atoms with E-state index in [0.29, 0.717) is 22.0 Å². The number of ether oxygens (including phenoxy) is 1. The number of aromatic nitrogens is 1. The normalized spacial score (nSPS) is 15.0. The van der Waals surface area contributed by atoms with Crippen LogP contribution in [0.4, 0.5) is 16.2 Å². The number of thioether (sulfide) groups is 1. The number of carbonyl (C=O) groups excluding carboxylic acids is 2. The third-order valence-corrected chi connectivity index (χ3v) is 6.05. The van der Waals surface area contributed by atoms with Crippen molar-refractivity contribution < 1.29 is 19.2 Å². The van der Waals surface area contributed by atoms with Crippen LogP contribution in [0.5, 0.6) is 5.75 Å². The molecule has 3 aromatic rings. The SMILES string of the molecule is COc1ccc([N+](=O)[O-])cc1-n1c(C)cc(/C=C2\SC(=O)N(c3ccccc3)C2=O)c1C. The zero-order valence-electron chi connectivity index (χ0n) is 17.6. The average molecular weight is 449 g/mol. The maximum absolute atomic E-state index is 12.9. The van der Waals surface area contributed by atoms with Gasteiger partial charge in [0, 0.05) is 23.5 Å². The highest BCUT2D eigenvalue weighted by Crippen LogP contribution is 2.37. The van der Waals surface area contributed by atoms with Gasteiger partial charge < -0.3 is 9.30 Å². The van der Waals surface area contributed by atoms with Gasteiger partial charge in [-0.05, 0) is 61.5 Å². The molecule has 1 aliphatic rings. The molecule has 0 spiro atoms. The van der Waals surface area contributed by atoms with E-state index in [4.69, 9.17) is 4.74 Å². The first kappa shape index (κ1) is 21.4. The van der Waals surface area contributed by atoms with Crippen molar-refractivity contribution in [2.45, 2.75) is 13.8 Å². The van der Waals surface area contributed by atoms with Gasteiger partial charge in [0.25, 0.3) is 16.8 Å². The minimum Gasteiger partial charge on any atom is -0.495 e. The summed E-state index contributed by atoms with van der Waals surface area (Å²) in [5, 5.41) is 10.9. The lowest BCUT2D eigenvalue weighted by molar-refractivity contribution is -0.384. The van der Waals surface area contributed by atoms with Crippen LogP contribution in [0.2, 0.25) is 0 Å². The Hall–Kier alpha value is -3.85. The Labute approximate surface area is 188 Å². The molecule has 1 aliphatic heterocycles. The van der Waals surface area contributed by atoms with Crippen molar-refractivity contribution >= 4 is 40.4 Å². The number of rotatable bonds is 5. The predicted octanol–water partition coefficient (Wildman–Crippen LogP) is 5.25.